The van der Waals surface area contributed by atoms with Crippen LogP contribution in [-0.4, -0.2) is 30.9 Å². The molecule has 0 spiro atoms. The number of amidine groups is 1. The smallest absolute Gasteiger partial charge is 0.399 e. The molecule has 0 aromatic heterocycles. The Hall–Kier alpha value is -1.46. The SMILES string of the molecule is C=NC(C)=Nc1cc(B2OC(C)(C)C(C)(C)O2)ccc1C. The normalized spacial score (nSPS) is 20.7. The first kappa shape index (κ1) is 15.9. The molecule has 4 nitrogen and oxygen atoms in total. The highest BCUT2D eigenvalue weighted by Gasteiger charge is 2.51. The summed E-state index contributed by atoms with van der Waals surface area (Å²) >= 11 is 0. The van der Waals surface area contributed by atoms with Gasteiger partial charge in [0.05, 0.1) is 16.9 Å². The lowest BCUT2D eigenvalue weighted by Gasteiger charge is -2.32. The fourth-order valence-electron chi connectivity index (χ4n) is 2.08. The van der Waals surface area contributed by atoms with Gasteiger partial charge in [0.25, 0.3) is 0 Å². The van der Waals surface area contributed by atoms with Crippen LogP contribution in [0.1, 0.15) is 40.2 Å². The summed E-state index contributed by atoms with van der Waals surface area (Å²) in [6.07, 6.45) is 0. The molecule has 5 heteroatoms. The van der Waals surface area contributed by atoms with Crippen molar-refractivity contribution in [2.75, 3.05) is 0 Å². The van der Waals surface area contributed by atoms with Crippen LogP contribution in [0, 0.1) is 6.92 Å². The summed E-state index contributed by atoms with van der Waals surface area (Å²) in [5.41, 5.74) is 2.23. The van der Waals surface area contributed by atoms with Crippen molar-refractivity contribution in [1.29, 1.82) is 0 Å². The van der Waals surface area contributed by atoms with Crippen LogP contribution in [0.3, 0.4) is 0 Å². The highest BCUT2D eigenvalue weighted by Crippen LogP contribution is 2.36. The van der Waals surface area contributed by atoms with Crippen molar-refractivity contribution in [2.24, 2.45) is 9.98 Å². The molecule has 1 saturated heterocycles. The lowest BCUT2D eigenvalue weighted by Crippen LogP contribution is -2.41. The van der Waals surface area contributed by atoms with Crippen LogP contribution in [0.15, 0.2) is 28.2 Å². The van der Waals surface area contributed by atoms with Crippen molar-refractivity contribution in [3.63, 3.8) is 0 Å². The summed E-state index contributed by atoms with van der Waals surface area (Å²) in [5, 5.41) is 0. The third-order valence-electron chi connectivity index (χ3n) is 4.27. The van der Waals surface area contributed by atoms with Gasteiger partial charge in [0.2, 0.25) is 0 Å². The molecule has 0 amide bonds. The lowest BCUT2D eigenvalue weighted by molar-refractivity contribution is 0.00578. The van der Waals surface area contributed by atoms with Crippen molar-refractivity contribution in [3.05, 3.63) is 23.8 Å². The molecule has 0 bridgehead atoms. The Balaban J connectivity index is 2.35. The molecule has 0 saturated carbocycles. The number of rotatable bonds is 2. The van der Waals surface area contributed by atoms with Gasteiger partial charge in [0.15, 0.2) is 0 Å². The van der Waals surface area contributed by atoms with Gasteiger partial charge in [-0.25, -0.2) is 9.98 Å². The third-order valence-corrected chi connectivity index (χ3v) is 4.27. The molecule has 1 fully saturated rings. The minimum absolute atomic E-state index is 0.343. The first-order valence-electron chi connectivity index (χ1n) is 7.14. The highest BCUT2D eigenvalue weighted by molar-refractivity contribution is 6.62. The van der Waals surface area contributed by atoms with Gasteiger partial charge in [0.1, 0.15) is 5.84 Å². The molecule has 1 aromatic carbocycles. The van der Waals surface area contributed by atoms with E-state index in [-0.39, 0.29) is 18.3 Å². The van der Waals surface area contributed by atoms with Crippen molar-refractivity contribution in [3.8, 4) is 0 Å². The van der Waals surface area contributed by atoms with E-state index >= 15 is 0 Å². The van der Waals surface area contributed by atoms with Gasteiger partial charge in [-0.05, 0) is 65.4 Å². The Kier molecular flexibility index (Phi) is 4.09. The second-order valence-corrected chi connectivity index (χ2v) is 6.45. The summed E-state index contributed by atoms with van der Waals surface area (Å²) in [5.74, 6) is 0.643. The predicted octanol–water partition coefficient (Wildman–Crippen LogP) is 3.04. The Labute approximate surface area is 127 Å². The first-order chi connectivity index (χ1) is 9.66. The molecular formula is C16H23BN2O2. The minimum Gasteiger partial charge on any atom is -0.399 e. The average Bonchev–Trinajstić information content (AvgIpc) is 2.61. The van der Waals surface area contributed by atoms with E-state index in [0.29, 0.717) is 5.84 Å². The zero-order chi connectivity index (χ0) is 15.8. The lowest BCUT2D eigenvalue weighted by atomic mass is 9.78. The van der Waals surface area contributed by atoms with Crippen LogP contribution < -0.4 is 5.46 Å². The average molecular weight is 286 g/mol. The van der Waals surface area contributed by atoms with Crippen molar-refractivity contribution < 1.29 is 9.31 Å². The van der Waals surface area contributed by atoms with E-state index in [0.717, 1.165) is 16.7 Å². The Morgan fingerprint density at radius 3 is 2.24 bits per heavy atom. The van der Waals surface area contributed by atoms with Gasteiger partial charge in [-0.3, -0.25) is 0 Å². The number of nitrogens with zero attached hydrogens (tertiary/aromatic N) is 2. The molecule has 112 valence electrons. The van der Waals surface area contributed by atoms with Gasteiger partial charge in [-0.2, -0.15) is 0 Å². The Morgan fingerprint density at radius 1 is 1.14 bits per heavy atom. The Morgan fingerprint density at radius 2 is 1.71 bits per heavy atom. The van der Waals surface area contributed by atoms with Crippen molar-refractivity contribution in [1.82, 2.24) is 0 Å². The Bertz CT molecular complexity index is 578. The highest BCUT2D eigenvalue weighted by atomic mass is 16.7. The molecule has 1 aliphatic heterocycles. The van der Waals surface area contributed by atoms with E-state index in [1.54, 1.807) is 0 Å². The van der Waals surface area contributed by atoms with E-state index in [1.165, 1.54) is 0 Å². The maximum absolute atomic E-state index is 6.07. The zero-order valence-corrected chi connectivity index (χ0v) is 13.7. The molecule has 0 unspecified atom stereocenters. The van der Waals surface area contributed by atoms with E-state index in [4.69, 9.17) is 9.31 Å². The van der Waals surface area contributed by atoms with Crippen LogP contribution in [0.4, 0.5) is 5.69 Å². The predicted molar refractivity (Wildman–Crippen MR) is 89.2 cm³/mol. The van der Waals surface area contributed by atoms with Crippen molar-refractivity contribution >= 4 is 30.8 Å². The van der Waals surface area contributed by atoms with Gasteiger partial charge >= 0.3 is 7.12 Å². The summed E-state index contributed by atoms with van der Waals surface area (Å²) in [6, 6.07) is 6.04. The van der Waals surface area contributed by atoms with Crippen LogP contribution in [0.2, 0.25) is 0 Å². The zero-order valence-electron chi connectivity index (χ0n) is 13.7. The van der Waals surface area contributed by atoms with Gasteiger partial charge in [0, 0.05) is 0 Å². The fraction of sp³-hybridized carbons (Fsp3) is 0.500. The molecule has 1 heterocycles. The largest absolute Gasteiger partial charge is 0.494 e. The molecule has 2 rings (SSSR count). The molecular weight excluding hydrogens is 263 g/mol. The molecule has 21 heavy (non-hydrogen) atoms. The number of aryl methyl sites for hydroxylation is 1. The summed E-state index contributed by atoms with van der Waals surface area (Å²) in [4.78, 5) is 8.29. The maximum atomic E-state index is 6.07. The van der Waals surface area contributed by atoms with Crippen molar-refractivity contribution in [2.45, 2.75) is 52.7 Å². The second kappa shape index (κ2) is 5.39. The second-order valence-electron chi connectivity index (χ2n) is 6.45. The minimum atomic E-state index is -0.374. The molecule has 1 aromatic rings. The van der Waals surface area contributed by atoms with Gasteiger partial charge < -0.3 is 9.31 Å². The van der Waals surface area contributed by atoms with Crippen LogP contribution in [0.25, 0.3) is 0 Å². The van der Waals surface area contributed by atoms with E-state index < -0.39 is 0 Å². The molecule has 0 N–H and O–H groups in total. The van der Waals surface area contributed by atoms with Gasteiger partial charge in [-0.15, -0.1) is 0 Å². The van der Waals surface area contributed by atoms with Crippen LogP contribution >= 0.6 is 0 Å². The van der Waals surface area contributed by atoms with E-state index in [2.05, 4.69) is 16.7 Å². The quantitative estimate of drug-likeness (QED) is 0.476. The molecule has 0 atom stereocenters. The summed E-state index contributed by atoms with van der Waals surface area (Å²) in [6.45, 7) is 15.5. The topological polar surface area (TPSA) is 43.2 Å². The number of aliphatic imine (C=N–C) groups is 2. The number of hydrogen-bond donors (Lipinski definition) is 0. The van der Waals surface area contributed by atoms with Crippen LogP contribution in [-0.2, 0) is 9.31 Å². The third kappa shape index (κ3) is 3.09. The van der Waals surface area contributed by atoms with Crippen LogP contribution in [0.5, 0.6) is 0 Å². The maximum Gasteiger partial charge on any atom is 0.494 e. The van der Waals surface area contributed by atoms with E-state index in [1.807, 2.05) is 59.7 Å². The first-order valence-corrected chi connectivity index (χ1v) is 7.14. The molecule has 0 aliphatic carbocycles. The standard InChI is InChI=1S/C16H23BN2O2/c1-11-8-9-13(10-14(11)19-12(2)18-7)17-20-15(3,4)16(5,6)21-17/h8-10H,7H2,1-6H3. The summed E-state index contributed by atoms with van der Waals surface area (Å²) < 4.78 is 12.1. The molecule has 1 aliphatic rings. The monoisotopic (exact) mass is 286 g/mol. The van der Waals surface area contributed by atoms with Gasteiger partial charge in [-0.1, -0.05) is 12.1 Å². The summed E-state index contributed by atoms with van der Waals surface area (Å²) in [7, 11) is -0.374. The van der Waals surface area contributed by atoms with E-state index in [9.17, 15) is 0 Å². The fourth-order valence-corrected chi connectivity index (χ4v) is 2.08. The molecule has 0 radical (unpaired) electrons. The number of benzene rings is 1. The number of hydrogen-bond acceptors (Lipinski definition) is 3.